The molecule has 18 heavy (non-hydrogen) atoms. The monoisotopic (exact) mass is 273 g/mol. The highest BCUT2D eigenvalue weighted by atomic mass is 32.2. The number of piperidine rings is 1. The second-order valence-electron chi connectivity index (χ2n) is 4.66. The van der Waals surface area contributed by atoms with Gasteiger partial charge in [-0.3, -0.25) is 10.3 Å². The van der Waals surface area contributed by atoms with Crippen LogP contribution in [-0.4, -0.2) is 57.3 Å². The third-order valence-corrected chi connectivity index (χ3v) is 4.57. The van der Waals surface area contributed by atoms with Crippen molar-refractivity contribution in [2.45, 2.75) is 37.6 Å². The van der Waals surface area contributed by atoms with Crippen LogP contribution in [0.4, 0.5) is 4.79 Å². The van der Waals surface area contributed by atoms with Crippen molar-refractivity contribution < 1.29 is 14.7 Å². The maximum atomic E-state index is 12.1. The Hall–Kier alpha value is -0.950. The third kappa shape index (κ3) is 2.89. The average Bonchev–Trinajstić information content (AvgIpc) is 2.72. The molecule has 0 aromatic carbocycles. The number of amides is 2. The topological polar surface area (TPSA) is 72.9 Å². The van der Waals surface area contributed by atoms with Crippen LogP contribution in [0.5, 0.6) is 0 Å². The number of hydrogen-bond donors (Lipinski definition) is 2. The molecule has 2 N–H and O–H groups in total. The summed E-state index contributed by atoms with van der Waals surface area (Å²) in [7, 11) is 0. The molecule has 6 nitrogen and oxygen atoms in total. The van der Waals surface area contributed by atoms with Gasteiger partial charge in [0.25, 0.3) is 0 Å². The molecule has 0 aromatic heterocycles. The van der Waals surface area contributed by atoms with Crippen LogP contribution in [0, 0.1) is 0 Å². The standard InChI is InChI=1S/C11H19N3O3S/c1-8-14(9(7-18-8)10(15)16)11(17)12-13-5-3-2-4-6-13/h8-9H,2-7H2,1H3,(H,12,17)(H,15,16). The summed E-state index contributed by atoms with van der Waals surface area (Å²) in [5.74, 6) is -0.468. The predicted octanol–water partition coefficient (Wildman–Crippen LogP) is 0.945. The number of urea groups is 1. The molecule has 7 heteroatoms. The third-order valence-electron chi connectivity index (χ3n) is 3.35. The minimum atomic E-state index is -0.930. The van der Waals surface area contributed by atoms with Crippen LogP contribution < -0.4 is 5.43 Å². The van der Waals surface area contributed by atoms with Gasteiger partial charge in [0.05, 0.1) is 5.37 Å². The van der Waals surface area contributed by atoms with Gasteiger partial charge in [0.2, 0.25) is 0 Å². The van der Waals surface area contributed by atoms with Crippen LogP contribution >= 0.6 is 11.8 Å². The van der Waals surface area contributed by atoms with E-state index in [0.29, 0.717) is 5.75 Å². The number of nitrogens with one attached hydrogen (secondary N) is 1. The molecule has 2 unspecified atom stereocenters. The molecule has 0 spiro atoms. The van der Waals surface area contributed by atoms with Gasteiger partial charge >= 0.3 is 12.0 Å². The summed E-state index contributed by atoms with van der Waals surface area (Å²) in [6.45, 7) is 3.56. The number of rotatable bonds is 2. The maximum Gasteiger partial charge on any atom is 0.333 e. The smallest absolute Gasteiger partial charge is 0.333 e. The summed E-state index contributed by atoms with van der Waals surface area (Å²) in [4.78, 5) is 24.7. The van der Waals surface area contributed by atoms with Gasteiger partial charge in [-0.1, -0.05) is 6.42 Å². The zero-order chi connectivity index (χ0) is 13.1. The van der Waals surface area contributed by atoms with E-state index in [9.17, 15) is 9.59 Å². The molecule has 0 radical (unpaired) electrons. The van der Waals surface area contributed by atoms with Crippen LogP contribution in [0.1, 0.15) is 26.2 Å². The van der Waals surface area contributed by atoms with Crippen molar-refractivity contribution in [3.8, 4) is 0 Å². The number of carbonyl (C=O) groups is 2. The Labute approximate surface area is 111 Å². The van der Waals surface area contributed by atoms with E-state index in [1.165, 1.54) is 23.1 Å². The van der Waals surface area contributed by atoms with Gasteiger partial charge in [0, 0.05) is 18.8 Å². The Kier molecular flexibility index (Phi) is 4.34. The largest absolute Gasteiger partial charge is 0.480 e. The number of carboxylic acids is 1. The van der Waals surface area contributed by atoms with Crippen LogP contribution in [0.3, 0.4) is 0 Å². The van der Waals surface area contributed by atoms with Crippen molar-refractivity contribution in [3.63, 3.8) is 0 Å². The number of hydrogen-bond acceptors (Lipinski definition) is 4. The number of nitrogens with zero attached hydrogens (tertiary/aromatic N) is 2. The fraction of sp³-hybridized carbons (Fsp3) is 0.818. The van der Waals surface area contributed by atoms with Gasteiger partial charge in [0.15, 0.2) is 0 Å². The van der Waals surface area contributed by atoms with Crippen molar-refractivity contribution in [2.75, 3.05) is 18.8 Å². The van der Waals surface area contributed by atoms with E-state index >= 15 is 0 Å². The minimum Gasteiger partial charge on any atom is -0.480 e. The first-order valence-corrected chi connectivity index (χ1v) is 7.33. The lowest BCUT2D eigenvalue weighted by atomic mass is 10.2. The summed E-state index contributed by atoms with van der Waals surface area (Å²) in [6.07, 6.45) is 3.35. The molecule has 2 heterocycles. The second kappa shape index (κ2) is 5.79. The fourth-order valence-corrected chi connectivity index (χ4v) is 3.51. The van der Waals surface area contributed by atoms with Crippen LogP contribution in [0.15, 0.2) is 0 Å². The van der Waals surface area contributed by atoms with E-state index in [1.807, 2.05) is 11.9 Å². The Morgan fingerprint density at radius 2 is 1.94 bits per heavy atom. The van der Waals surface area contributed by atoms with E-state index < -0.39 is 12.0 Å². The Morgan fingerprint density at radius 1 is 1.28 bits per heavy atom. The van der Waals surface area contributed by atoms with Gasteiger partial charge in [0.1, 0.15) is 6.04 Å². The molecule has 0 aliphatic carbocycles. The minimum absolute atomic E-state index is 0.0871. The second-order valence-corrected chi connectivity index (χ2v) is 6.01. The molecule has 102 valence electrons. The predicted molar refractivity (Wildman–Crippen MR) is 69.1 cm³/mol. The lowest BCUT2D eigenvalue weighted by Gasteiger charge is -2.31. The van der Waals surface area contributed by atoms with E-state index in [4.69, 9.17) is 5.11 Å². The van der Waals surface area contributed by atoms with Crippen molar-refractivity contribution in [1.82, 2.24) is 15.3 Å². The van der Waals surface area contributed by atoms with E-state index in [1.54, 1.807) is 0 Å². The summed E-state index contributed by atoms with van der Waals surface area (Å²) in [5, 5.41) is 10.9. The molecule has 2 saturated heterocycles. The van der Waals surface area contributed by atoms with Gasteiger partial charge in [-0.25, -0.2) is 14.6 Å². The summed E-state index contributed by atoms with van der Waals surface area (Å²) in [6, 6.07) is -1.00. The van der Waals surface area contributed by atoms with Crippen LogP contribution in [0.25, 0.3) is 0 Å². The molecular weight excluding hydrogens is 254 g/mol. The number of carbonyl (C=O) groups excluding carboxylic acids is 1. The number of hydrazine groups is 1. The van der Waals surface area contributed by atoms with Gasteiger partial charge in [-0.15, -0.1) is 11.8 Å². The summed E-state index contributed by atoms with van der Waals surface area (Å²) in [5.41, 5.74) is 2.82. The molecule has 0 aromatic rings. The highest BCUT2D eigenvalue weighted by Crippen LogP contribution is 2.28. The highest BCUT2D eigenvalue weighted by molar-refractivity contribution is 8.00. The van der Waals surface area contributed by atoms with Crippen molar-refractivity contribution in [3.05, 3.63) is 0 Å². The van der Waals surface area contributed by atoms with Crippen molar-refractivity contribution in [2.24, 2.45) is 0 Å². The molecule has 2 amide bonds. The van der Waals surface area contributed by atoms with Crippen molar-refractivity contribution in [1.29, 1.82) is 0 Å². The molecule has 2 atom stereocenters. The van der Waals surface area contributed by atoms with E-state index in [0.717, 1.165) is 25.9 Å². The molecule has 2 fully saturated rings. The van der Waals surface area contributed by atoms with E-state index in [2.05, 4.69) is 5.43 Å². The molecule has 2 rings (SSSR count). The molecule has 0 saturated carbocycles. The zero-order valence-electron chi connectivity index (χ0n) is 10.5. The SMILES string of the molecule is CC1SCC(C(=O)O)N1C(=O)NN1CCCCC1. The van der Waals surface area contributed by atoms with Gasteiger partial charge < -0.3 is 5.11 Å². The Balaban J connectivity index is 1.95. The maximum absolute atomic E-state index is 12.1. The highest BCUT2D eigenvalue weighted by Gasteiger charge is 2.40. The van der Waals surface area contributed by atoms with E-state index in [-0.39, 0.29) is 11.4 Å². The molecule has 0 bridgehead atoms. The Bertz CT molecular complexity index is 333. The first-order valence-electron chi connectivity index (χ1n) is 6.28. The van der Waals surface area contributed by atoms with Crippen LogP contribution in [-0.2, 0) is 4.79 Å². The first-order chi connectivity index (χ1) is 8.59. The summed E-state index contributed by atoms with van der Waals surface area (Å²) < 4.78 is 0. The Morgan fingerprint density at radius 3 is 2.56 bits per heavy atom. The fourth-order valence-electron chi connectivity index (χ4n) is 2.34. The lowest BCUT2D eigenvalue weighted by Crippen LogP contribution is -2.55. The molecular formula is C11H19N3O3S. The van der Waals surface area contributed by atoms with Crippen LogP contribution in [0.2, 0.25) is 0 Å². The molecule has 2 aliphatic rings. The van der Waals surface area contributed by atoms with Gasteiger partial charge in [-0.2, -0.15) is 0 Å². The zero-order valence-corrected chi connectivity index (χ0v) is 11.3. The first kappa shape index (κ1) is 13.5. The lowest BCUT2D eigenvalue weighted by molar-refractivity contribution is -0.141. The number of carboxylic acid groups (broad SMARTS) is 1. The normalized spacial score (nSPS) is 29.3. The summed E-state index contributed by atoms with van der Waals surface area (Å²) >= 11 is 1.50. The average molecular weight is 273 g/mol. The molecule has 2 aliphatic heterocycles. The number of aliphatic carboxylic acids is 1. The number of thioether (sulfide) groups is 1. The van der Waals surface area contributed by atoms with Gasteiger partial charge in [-0.05, 0) is 19.8 Å². The van der Waals surface area contributed by atoms with Crippen molar-refractivity contribution >= 4 is 23.8 Å². The quantitative estimate of drug-likeness (QED) is 0.783.